The molecule has 0 aliphatic heterocycles. The zero-order chi connectivity index (χ0) is 21.2. The summed E-state index contributed by atoms with van der Waals surface area (Å²) in [7, 11) is 0. The van der Waals surface area contributed by atoms with Gasteiger partial charge in [-0.05, 0) is 0 Å². The van der Waals surface area contributed by atoms with Gasteiger partial charge in [0.1, 0.15) is 0 Å². The van der Waals surface area contributed by atoms with Crippen LogP contribution in [-0.4, -0.2) is 26.0 Å². The normalized spacial score (nSPS) is 17.1. The average Bonchev–Trinajstić information content (AvgIpc) is 2.66. The fourth-order valence-corrected chi connectivity index (χ4v) is 5.28. The molecule has 2 aromatic rings. The van der Waals surface area contributed by atoms with E-state index in [1.807, 2.05) is 30.3 Å². The summed E-state index contributed by atoms with van der Waals surface area (Å²) in [6, 6.07) is 14.2. The topological polar surface area (TPSA) is 37.3 Å². The van der Waals surface area contributed by atoms with E-state index in [9.17, 15) is 9.90 Å². The Morgan fingerprint density at radius 3 is 2.21 bits per heavy atom. The number of hydrogen-bond donors (Lipinski definition) is 1. The van der Waals surface area contributed by atoms with E-state index in [1.165, 1.54) is 40.1 Å². The fraction of sp³-hybridized carbons (Fsp3) is 0.346. The molecule has 2 aromatic carbocycles. The number of aliphatic carboxylic acids is 1. The summed E-state index contributed by atoms with van der Waals surface area (Å²) >= 11 is -0.0385. The minimum atomic E-state index is -0.973. The van der Waals surface area contributed by atoms with E-state index < -0.39 is 5.97 Å². The van der Waals surface area contributed by atoms with Crippen LogP contribution in [0.25, 0.3) is 5.57 Å². The number of hydrogen-bond acceptors (Lipinski definition) is 1. The summed E-state index contributed by atoms with van der Waals surface area (Å²) in [6.07, 6.45) is 3.59. The summed E-state index contributed by atoms with van der Waals surface area (Å²) < 4.78 is 1.29. The first-order chi connectivity index (χ1) is 13.6. The molecule has 0 unspecified atom stereocenters. The van der Waals surface area contributed by atoms with Crippen LogP contribution in [-0.2, 0) is 15.6 Å². The maximum atomic E-state index is 11.2. The molecular weight excluding hydrogens is 423 g/mol. The van der Waals surface area contributed by atoms with Gasteiger partial charge in [-0.3, -0.25) is 0 Å². The summed E-state index contributed by atoms with van der Waals surface area (Å²) in [5, 5.41) is 9.21. The summed E-state index contributed by atoms with van der Waals surface area (Å²) in [4.78, 5) is 14.5. The third kappa shape index (κ3) is 4.84. The van der Waals surface area contributed by atoms with Gasteiger partial charge in [-0.2, -0.15) is 0 Å². The molecular formula is C26H28O2Se. The van der Waals surface area contributed by atoms with Crippen molar-refractivity contribution in [3.63, 3.8) is 0 Å². The molecule has 0 saturated heterocycles. The Labute approximate surface area is 180 Å². The number of benzene rings is 2. The molecule has 1 aliphatic carbocycles. The van der Waals surface area contributed by atoms with Crippen molar-refractivity contribution in [3.05, 3.63) is 70.8 Å². The van der Waals surface area contributed by atoms with Crippen LogP contribution in [0.3, 0.4) is 0 Å². The molecule has 0 atom stereocenters. The van der Waals surface area contributed by atoms with Crippen molar-refractivity contribution in [1.29, 1.82) is 0 Å². The van der Waals surface area contributed by atoms with E-state index >= 15 is 0 Å². The molecule has 0 aromatic heterocycles. The first kappa shape index (κ1) is 21.4. The third-order valence-corrected chi connectivity index (χ3v) is 7.66. The Morgan fingerprint density at radius 1 is 1.03 bits per heavy atom. The van der Waals surface area contributed by atoms with Gasteiger partial charge in [0.25, 0.3) is 0 Å². The molecule has 0 spiro atoms. The number of carboxylic acid groups (broad SMARTS) is 1. The van der Waals surface area contributed by atoms with E-state index in [-0.39, 0.29) is 25.8 Å². The van der Waals surface area contributed by atoms with Gasteiger partial charge in [0.2, 0.25) is 0 Å². The molecule has 1 N–H and O–H groups in total. The van der Waals surface area contributed by atoms with E-state index in [0.717, 1.165) is 5.56 Å². The molecule has 0 radical (unpaired) electrons. The Hall–Kier alpha value is -2.27. The second kappa shape index (κ2) is 8.23. The molecule has 3 rings (SSSR count). The van der Waals surface area contributed by atoms with Crippen molar-refractivity contribution < 1.29 is 9.90 Å². The van der Waals surface area contributed by atoms with Gasteiger partial charge < -0.3 is 0 Å². The standard InChI is InChI=1S/C26H28O2Se/c1-18-15-21-22(26(4,5)13-12-25(21,2)3)17-23(18)29-14-11-20(16-24(27)28)19-9-7-6-8-10-19/h6-10,15-17H,12-13H2,1-5H3,(H,27,28)/b20-16-. The SMILES string of the molecule is Cc1cc2c(cc1[Se]C#C/C(=C/C(=O)O)c1ccccc1)C(C)(C)CCC2(C)C. The van der Waals surface area contributed by atoms with Crippen LogP contribution in [0.1, 0.15) is 62.8 Å². The Bertz CT molecular complexity index is 1020. The predicted octanol–water partition coefficient (Wildman–Crippen LogP) is 4.80. The number of aryl methyl sites for hydroxylation is 1. The van der Waals surface area contributed by atoms with Gasteiger partial charge in [-0.1, -0.05) is 0 Å². The summed E-state index contributed by atoms with van der Waals surface area (Å²) in [5.74, 6) is 2.15. The minimum absolute atomic E-state index is 0.0385. The molecule has 0 saturated carbocycles. The Balaban J connectivity index is 1.95. The van der Waals surface area contributed by atoms with Gasteiger partial charge in [-0.25, -0.2) is 0 Å². The zero-order valence-electron chi connectivity index (χ0n) is 17.8. The van der Waals surface area contributed by atoms with E-state index in [4.69, 9.17) is 0 Å². The number of carbonyl (C=O) groups is 1. The van der Waals surface area contributed by atoms with E-state index in [0.29, 0.717) is 5.57 Å². The van der Waals surface area contributed by atoms with Gasteiger partial charge >= 0.3 is 181 Å². The number of allylic oxidation sites excluding steroid dienone is 1. The molecule has 2 nitrogen and oxygen atoms in total. The van der Waals surface area contributed by atoms with Crippen molar-refractivity contribution in [2.45, 2.75) is 58.3 Å². The van der Waals surface area contributed by atoms with Crippen LogP contribution >= 0.6 is 0 Å². The molecule has 3 heteroatoms. The van der Waals surface area contributed by atoms with Crippen LogP contribution in [0, 0.1) is 17.7 Å². The number of fused-ring (bicyclic) bond motifs is 1. The Morgan fingerprint density at radius 2 is 1.62 bits per heavy atom. The molecule has 0 bridgehead atoms. The first-order valence-corrected chi connectivity index (χ1v) is 11.6. The Kier molecular flexibility index (Phi) is 6.08. The first-order valence-electron chi connectivity index (χ1n) is 9.94. The van der Waals surface area contributed by atoms with Gasteiger partial charge in [0, 0.05) is 0 Å². The average molecular weight is 451 g/mol. The van der Waals surface area contributed by atoms with Crippen LogP contribution in [0.5, 0.6) is 0 Å². The number of carboxylic acids is 1. The van der Waals surface area contributed by atoms with Gasteiger partial charge in [-0.15, -0.1) is 0 Å². The van der Waals surface area contributed by atoms with Gasteiger partial charge in [0.05, 0.1) is 0 Å². The zero-order valence-corrected chi connectivity index (χ0v) is 19.5. The molecule has 1 aliphatic rings. The molecule has 29 heavy (non-hydrogen) atoms. The fourth-order valence-electron chi connectivity index (χ4n) is 3.88. The van der Waals surface area contributed by atoms with Crippen molar-refractivity contribution in [1.82, 2.24) is 0 Å². The summed E-state index contributed by atoms with van der Waals surface area (Å²) in [6.45, 7) is 11.5. The second-order valence-electron chi connectivity index (χ2n) is 9.02. The number of rotatable bonds is 3. The van der Waals surface area contributed by atoms with Crippen molar-refractivity contribution in [2.24, 2.45) is 0 Å². The monoisotopic (exact) mass is 452 g/mol. The molecule has 0 fully saturated rings. The van der Waals surface area contributed by atoms with Crippen molar-refractivity contribution in [2.75, 3.05) is 0 Å². The van der Waals surface area contributed by atoms with Crippen molar-refractivity contribution >= 4 is 31.0 Å². The molecule has 150 valence electrons. The van der Waals surface area contributed by atoms with Crippen LogP contribution < -0.4 is 4.46 Å². The van der Waals surface area contributed by atoms with E-state index in [1.54, 1.807) is 0 Å². The van der Waals surface area contributed by atoms with Crippen molar-refractivity contribution in [3.8, 4) is 10.7 Å². The van der Waals surface area contributed by atoms with Crippen LogP contribution in [0.2, 0.25) is 0 Å². The summed E-state index contributed by atoms with van der Waals surface area (Å²) in [5.41, 5.74) is 5.97. The maximum absolute atomic E-state index is 11.2. The van der Waals surface area contributed by atoms with Crippen LogP contribution in [0.4, 0.5) is 0 Å². The van der Waals surface area contributed by atoms with Crippen LogP contribution in [0.15, 0.2) is 48.5 Å². The predicted molar refractivity (Wildman–Crippen MR) is 122 cm³/mol. The quantitative estimate of drug-likeness (QED) is 0.414. The molecule has 0 amide bonds. The second-order valence-corrected chi connectivity index (χ2v) is 10.8. The van der Waals surface area contributed by atoms with E-state index in [2.05, 4.69) is 57.5 Å². The van der Waals surface area contributed by atoms with Gasteiger partial charge in [0.15, 0.2) is 0 Å². The molecule has 0 heterocycles. The third-order valence-electron chi connectivity index (χ3n) is 5.85.